The van der Waals surface area contributed by atoms with Gasteiger partial charge in [0, 0.05) is 24.0 Å². The highest BCUT2D eigenvalue weighted by Gasteiger charge is 2.11. The molecule has 6 nitrogen and oxygen atoms in total. The average molecular weight is 408 g/mol. The molecule has 1 aromatic heterocycles. The van der Waals surface area contributed by atoms with Crippen LogP contribution in [0.2, 0.25) is 0 Å². The van der Waals surface area contributed by atoms with Crippen molar-refractivity contribution in [2.45, 2.75) is 6.42 Å². The predicted octanol–water partition coefficient (Wildman–Crippen LogP) is 2.55. The standard InChI is InChI=1S/C16H21N3O3S.2ClH/c1-17-6-7-18-15(20)9-12-10-23-16(19-12)11-4-5-13(21-2)14(8-11)22-3;;/h4-5,8,10,17H,6-7,9H2,1-3H3,(H,18,20);2*1H. The van der Waals surface area contributed by atoms with Gasteiger partial charge in [0.25, 0.3) is 0 Å². The van der Waals surface area contributed by atoms with Gasteiger partial charge in [-0.3, -0.25) is 4.79 Å². The van der Waals surface area contributed by atoms with Crippen molar-refractivity contribution in [1.82, 2.24) is 15.6 Å². The van der Waals surface area contributed by atoms with Crippen molar-refractivity contribution in [3.63, 3.8) is 0 Å². The summed E-state index contributed by atoms with van der Waals surface area (Å²) in [4.78, 5) is 16.3. The Balaban J connectivity index is 0.00000288. The van der Waals surface area contributed by atoms with E-state index in [4.69, 9.17) is 9.47 Å². The maximum atomic E-state index is 11.8. The number of likely N-dealkylation sites (N-methyl/N-ethyl adjacent to an activating group) is 1. The lowest BCUT2D eigenvalue weighted by atomic mass is 10.2. The molecule has 0 aliphatic carbocycles. The van der Waals surface area contributed by atoms with E-state index in [0.717, 1.165) is 22.8 Å². The lowest BCUT2D eigenvalue weighted by Crippen LogP contribution is -2.31. The Morgan fingerprint density at radius 3 is 2.52 bits per heavy atom. The van der Waals surface area contributed by atoms with Gasteiger partial charge in [-0.25, -0.2) is 4.98 Å². The number of carbonyl (C=O) groups excluding carboxylic acids is 1. The largest absolute Gasteiger partial charge is 0.493 e. The maximum Gasteiger partial charge on any atom is 0.226 e. The van der Waals surface area contributed by atoms with Crippen LogP contribution in [0.5, 0.6) is 11.5 Å². The van der Waals surface area contributed by atoms with Gasteiger partial charge in [0.2, 0.25) is 5.91 Å². The van der Waals surface area contributed by atoms with E-state index in [0.29, 0.717) is 18.0 Å². The van der Waals surface area contributed by atoms with Gasteiger partial charge >= 0.3 is 0 Å². The summed E-state index contributed by atoms with van der Waals surface area (Å²) in [6, 6.07) is 5.66. The van der Waals surface area contributed by atoms with Crippen LogP contribution in [0.15, 0.2) is 23.6 Å². The average Bonchev–Trinajstić information content (AvgIpc) is 3.02. The molecule has 0 bridgehead atoms. The van der Waals surface area contributed by atoms with Crippen LogP contribution in [0.3, 0.4) is 0 Å². The minimum absolute atomic E-state index is 0. The van der Waals surface area contributed by atoms with Crippen LogP contribution >= 0.6 is 36.2 Å². The summed E-state index contributed by atoms with van der Waals surface area (Å²) in [7, 11) is 5.05. The van der Waals surface area contributed by atoms with Crippen molar-refractivity contribution in [3.05, 3.63) is 29.3 Å². The Kier molecular flexibility index (Phi) is 11.2. The quantitative estimate of drug-likeness (QED) is 0.657. The molecule has 25 heavy (non-hydrogen) atoms. The molecule has 0 saturated carbocycles. The summed E-state index contributed by atoms with van der Waals surface area (Å²) in [5.74, 6) is 1.31. The molecule has 0 radical (unpaired) electrons. The summed E-state index contributed by atoms with van der Waals surface area (Å²) >= 11 is 1.51. The normalized spacial score (nSPS) is 9.56. The smallest absolute Gasteiger partial charge is 0.226 e. The number of rotatable bonds is 8. The van der Waals surface area contributed by atoms with Crippen molar-refractivity contribution in [1.29, 1.82) is 0 Å². The zero-order valence-electron chi connectivity index (χ0n) is 14.3. The van der Waals surface area contributed by atoms with Crippen molar-refractivity contribution < 1.29 is 14.3 Å². The first-order chi connectivity index (χ1) is 11.2. The zero-order chi connectivity index (χ0) is 16.7. The Morgan fingerprint density at radius 1 is 1.16 bits per heavy atom. The molecule has 0 saturated heterocycles. The van der Waals surface area contributed by atoms with Gasteiger partial charge < -0.3 is 20.1 Å². The summed E-state index contributed by atoms with van der Waals surface area (Å²) < 4.78 is 10.5. The predicted molar refractivity (Wildman–Crippen MR) is 106 cm³/mol. The number of hydrogen-bond acceptors (Lipinski definition) is 6. The minimum Gasteiger partial charge on any atom is -0.493 e. The Hall–Kier alpha value is -1.54. The number of thiazole rings is 1. The number of hydrogen-bond donors (Lipinski definition) is 2. The monoisotopic (exact) mass is 407 g/mol. The molecule has 0 unspecified atom stereocenters. The Morgan fingerprint density at radius 2 is 1.88 bits per heavy atom. The number of nitrogens with zero attached hydrogens (tertiary/aromatic N) is 1. The first-order valence-corrected chi connectivity index (χ1v) is 8.14. The van der Waals surface area contributed by atoms with E-state index in [1.165, 1.54) is 11.3 Å². The molecule has 1 heterocycles. The topological polar surface area (TPSA) is 72.5 Å². The fraction of sp³-hybridized carbons (Fsp3) is 0.375. The van der Waals surface area contributed by atoms with E-state index < -0.39 is 0 Å². The lowest BCUT2D eigenvalue weighted by Gasteiger charge is -2.08. The summed E-state index contributed by atoms with van der Waals surface area (Å²) in [5, 5.41) is 8.58. The van der Waals surface area contributed by atoms with E-state index in [1.54, 1.807) is 14.2 Å². The Bertz CT molecular complexity index is 668. The lowest BCUT2D eigenvalue weighted by molar-refractivity contribution is -0.120. The molecule has 1 amide bonds. The van der Waals surface area contributed by atoms with Crippen LogP contribution in [-0.2, 0) is 11.2 Å². The molecule has 0 aliphatic heterocycles. The highest BCUT2D eigenvalue weighted by Crippen LogP contribution is 2.33. The molecule has 0 spiro atoms. The molecule has 2 aromatic rings. The van der Waals surface area contributed by atoms with Crippen LogP contribution in [0, 0.1) is 0 Å². The van der Waals surface area contributed by atoms with E-state index in [2.05, 4.69) is 15.6 Å². The molecule has 140 valence electrons. The van der Waals surface area contributed by atoms with Crippen molar-refractivity contribution in [2.75, 3.05) is 34.4 Å². The molecule has 1 aromatic carbocycles. The fourth-order valence-electron chi connectivity index (χ4n) is 2.04. The number of aromatic nitrogens is 1. The van der Waals surface area contributed by atoms with E-state index in [9.17, 15) is 4.79 Å². The van der Waals surface area contributed by atoms with Gasteiger partial charge in [-0.15, -0.1) is 36.2 Å². The van der Waals surface area contributed by atoms with Crippen LogP contribution in [-0.4, -0.2) is 45.2 Å². The second kappa shape index (κ2) is 11.9. The molecule has 0 aliphatic rings. The number of nitrogens with one attached hydrogen (secondary N) is 2. The summed E-state index contributed by atoms with van der Waals surface area (Å²) in [5.41, 5.74) is 1.70. The molecular formula is C16H23Cl2N3O3S. The first-order valence-electron chi connectivity index (χ1n) is 7.26. The Labute approximate surface area is 164 Å². The van der Waals surface area contributed by atoms with Crippen LogP contribution < -0.4 is 20.1 Å². The van der Waals surface area contributed by atoms with Gasteiger partial charge in [-0.05, 0) is 25.2 Å². The van der Waals surface area contributed by atoms with Crippen LogP contribution in [0.1, 0.15) is 5.69 Å². The number of amides is 1. The SMILES string of the molecule is CNCCNC(=O)Cc1csc(-c2ccc(OC)c(OC)c2)n1.Cl.Cl. The third-order valence-corrected chi connectivity index (χ3v) is 4.16. The number of halogens is 2. The van der Waals surface area contributed by atoms with Gasteiger partial charge in [0.05, 0.1) is 26.3 Å². The van der Waals surface area contributed by atoms with E-state index in [-0.39, 0.29) is 37.1 Å². The van der Waals surface area contributed by atoms with Crippen molar-refractivity contribution in [3.8, 4) is 22.1 Å². The molecular weight excluding hydrogens is 385 g/mol. The summed E-state index contributed by atoms with van der Waals surface area (Å²) in [6.07, 6.45) is 0.285. The molecule has 0 fully saturated rings. The highest BCUT2D eigenvalue weighted by molar-refractivity contribution is 7.13. The molecule has 2 N–H and O–H groups in total. The third kappa shape index (κ3) is 6.70. The fourth-order valence-corrected chi connectivity index (χ4v) is 2.86. The van der Waals surface area contributed by atoms with Gasteiger partial charge in [-0.2, -0.15) is 0 Å². The van der Waals surface area contributed by atoms with E-state index >= 15 is 0 Å². The number of benzene rings is 1. The summed E-state index contributed by atoms with van der Waals surface area (Å²) in [6.45, 7) is 1.36. The molecule has 0 atom stereocenters. The minimum atomic E-state index is -0.0237. The molecule has 2 rings (SSSR count). The van der Waals surface area contributed by atoms with Gasteiger partial charge in [-0.1, -0.05) is 0 Å². The second-order valence-corrected chi connectivity index (χ2v) is 5.70. The van der Waals surface area contributed by atoms with Crippen LogP contribution in [0.4, 0.5) is 0 Å². The van der Waals surface area contributed by atoms with E-state index in [1.807, 2.05) is 30.6 Å². The number of carbonyl (C=O) groups is 1. The number of methoxy groups -OCH3 is 2. The highest BCUT2D eigenvalue weighted by atomic mass is 35.5. The van der Waals surface area contributed by atoms with Crippen LogP contribution in [0.25, 0.3) is 10.6 Å². The maximum absolute atomic E-state index is 11.8. The second-order valence-electron chi connectivity index (χ2n) is 4.84. The number of ether oxygens (including phenoxy) is 2. The molecule has 9 heteroatoms. The first kappa shape index (κ1) is 23.5. The van der Waals surface area contributed by atoms with Gasteiger partial charge in [0.15, 0.2) is 11.5 Å². The zero-order valence-corrected chi connectivity index (χ0v) is 16.8. The van der Waals surface area contributed by atoms with Crippen molar-refractivity contribution >= 4 is 42.1 Å². The van der Waals surface area contributed by atoms with Gasteiger partial charge in [0.1, 0.15) is 5.01 Å². The van der Waals surface area contributed by atoms with Crippen molar-refractivity contribution in [2.24, 2.45) is 0 Å². The third-order valence-electron chi connectivity index (χ3n) is 3.22.